The monoisotopic (exact) mass is 278 g/mol. The summed E-state index contributed by atoms with van der Waals surface area (Å²) in [5.74, 6) is 0.0986. The summed E-state index contributed by atoms with van der Waals surface area (Å²) in [4.78, 5) is 13.3. The van der Waals surface area contributed by atoms with Crippen molar-refractivity contribution in [3.8, 4) is 0 Å². The molecule has 0 aromatic heterocycles. The van der Waals surface area contributed by atoms with Gasteiger partial charge in [0, 0.05) is 16.6 Å². The molecule has 0 spiro atoms. The van der Waals surface area contributed by atoms with E-state index >= 15 is 0 Å². The molecule has 3 nitrogen and oxygen atoms in total. The van der Waals surface area contributed by atoms with Gasteiger partial charge in [-0.15, -0.1) is 11.8 Å². The molecule has 1 aromatic carbocycles. The van der Waals surface area contributed by atoms with E-state index in [0.29, 0.717) is 6.04 Å². The van der Waals surface area contributed by atoms with Crippen molar-refractivity contribution in [2.24, 2.45) is 0 Å². The van der Waals surface area contributed by atoms with Crippen LogP contribution in [0.1, 0.15) is 32.6 Å². The van der Waals surface area contributed by atoms with Gasteiger partial charge in [-0.25, -0.2) is 0 Å². The highest BCUT2D eigenvalue weighted by Crippen LogP contribution is 2.20. The van der Waals surface area contributed by atoms with Gasteiger partial charge >= 0.3 is 0 Å². The molecule has 1 saturated carbocycles. The van der Waals surface area contributed by atoms with E-state index in [9.17, 15) is 4.79 Å². The van der Waals surface area contributed by atoms with E-state index in [-0.39, 0.29) is 11.9 Å². The number of rotatable bonds is 5. The van der Waals surface area contributed by atoms with Crippen LogP contribution in [0.2, 0.25) is 0 Å². The van der Waals surface area contributed by atoms with Crippen LogP contribution in [0.5, 0.6) is 0 Å². The van der Waals surface area contributed by atoms with Gasteiger partial charge in [0.15, 0.2) is 0 Å². The fourth-order valence-corrected chi connectivity index (χ4v) is 2.88. The Bertz CT molecular complexity index is 430. The molecule has 0 aliphatic heterocycles. The van der Waals surface area contributed by atoms with Crippen LogP contribution in [0.15, 0.2) is 29.2 Å². The van der Waals surface area contributed by atoms with Gasteiger partial charge in [0.25, 0.3) is 0 Å². The molecular formula is C15H22N2OS. The zero-order valence-corrected chi connectivity index (χ0v) is 12.4. The second-order valence-corrected chi connectivity index (χ2v) is 5.97. The Morgan fingerprint density at radius 1 is 1.37 bits per heavy atom. The fourth-order valence-electron chi connectivity index (χ4n) is 2.42. The predicted molar refractivity (Wildman–Crippen MR) is 81.7 cm³/mol. The van der Waals surface area contributed by atoms with E-state index in [4.69, 9.17) is 0 Å². The van der Waals surface area contributed by atoms with E-state index in [1.165, 1.54) is 17.7 Å². The van der Waals surface area contributed by atoms with Crippen LogP contribution in [0.3, 0.4) is 0 Å². The molecule has 1 aromatic rings. The van der Waals surface area contributed by atoms with Gasteiger partial charge in [-0.05, 0) is 44.2 Å². The minimum atomic E-state index is -0.197. The number of hydrogen-bond acceptors (Lipinski definition) is 3. The maximum atomic E-state index is 12.1. The molecule has 2 rings (SSSR count). The van der Waals surface area contributed by atoms with Crippen LogP contribution in [0.25, 0.3) is 0 Å². The predicted octanol–water partition coefficient (Wildman–Crippen LogP) is 3.27. The standard InChI is InChI=1S/C15H22N2OS/c1-11(15(18)17-12-6-3-4-7-12)16-13-8-5-9-14(10-13)19-2/h5,8-12,16H,3-4,6-7H2,1-2H3,(H,17,18). The summed E-state index contributed by atoms with van der Waals surface area (Å²) in [6.45, 7) is 1.91. The maximum Gasteiger partial charge on any atom is 0.242 e. The zero-order chi connectivity index (χ0) is 13.7. The van der Waals surface area contributed by atoms with Crippen molar-refractivity contribution in [1.82, 2.24) is 5.32 Å². The maximum absolute atomic E-state index is 12.1. The van der Waals surface area contributed by atoms with Crippen molar-refractivity contribution in [3.05, 3.63) is 24.3 Å². The van der Waals surface area contributed by atoms with Crippen LogP contribution in [0, 0.1) is 0 Å². The van der Waals surface area contributed by atoms with Crippen LogP contribution in [-0.2, 0) is 4.79 Å². The number of nitrogens with one attached hydrogen (secondary N) is 2. The van der Waals surface area contributed by atoms with E-state index < -0.39 is 0 Å². The third-order valence-corrected chi connectivity index (χ3v) is 4.27. The Morgan fingerprint density at radius 3 is 2.79 bits per heavy atom. The molecule has 2 N–H and O–H groups in total. The van der Waals surface area contributed by atoms with E-state index in [2.05, 4.69) is 29.0 Å². The summed E-state index contributed by atoms with van der Waals surface area (Å²) in [6, 6.07) is 8.34. The molecule has 1 fully saturated rings. The summed E-state index contributed by atoms with van der Waals surface area (Å²) in [7, 11) is 0. The lowest BCUT2D eigenvalue weighted by Gasteiger charge is -2.18. The lowest BCUT2D eigenvalue weighted by Crippen LogP contribution is -2.42. The number of carbonyl (C=O) groups excluding carboxylic acids is 1. The van der Waals surface area contributed by atoms with Gasteiger partial charge in [0.1, 0.15) is 6.04 Å². The normalized spacial score (nSPS) is 17.2. The third-order valence-electron chi connectivity index (χ3n) is 3.55. The number of hydrogen-bond donors (Lipinski definition) is 2. The molecule has 0 radical (unpaired) electrons. The Kier molecular flexibility index (Phi) is 5.14. The molecule has 1 amide bonds. The molecule has 0 saturated heterocycles. The number of carbonyl (C=O) groups is 1. The summed E-state index contributed by atoms with van der Waals surface area (Å²) >= 11 is 1.70. The summed E-state index contributed by atoms with van der Waals surface area (Å²) in [5, 5.41) is 6.39. The van der Waals surface area contributed by atoms with Crippen LogP contribution < -0.4 is 10.6 Å². The topological polar surface area (TPSA) is 41.1 Å². The largest absolute Gasteiger partial charge is 0.374 e. The first kappa shape index (κ1) is 14.3. The summed E-state index contributed by atoms with van der Waals surface area (Å²) in [5.41, 5.74) is 1.00. The van der Waals surface area contributed by atoms with Crippen molar-refractivity contribution in [1.29, 1.82) is 0 Å². The molecule has 1 unspecified atom stereocenters. The first-order valence-electron chi connectivity index (χ1n) is 6.90. The van der Waals surface area contributed by atoms with Crippen LogP contribution >= 0.6 is 11.8 Å². The number of amides is 1. The van der Waals surface area contributed by atoms with Crippen LogP contribution in [0.4, 0.5) is 5.69 Å². The molecular weight excluding hydrogens is 256 g/mol. The van der Waals surface area contributed by atoms with Gasteiger partial charge in [-0.2, -0.15) is 0 Å². The Hall–Kier alpha value is -1.16. The third kappa shape index (κ3) is 4.16. The summed E-state index contributed by atoms with van der Waals surface area (Å²) < 4.78 is 0. The van der Waals surface area contributed by atoms with E-state index in [0.717, 1.165) is 18.5 Å². The minimum absolute atomic E-state index is 0.0986. The summed E-state index contributed by atoms with van der Waals surface area (Å²) in [6.07, 6.45) is 6.78. The first-order valence-corrected chi connectivity index (χ1v) is 8.12. The highest BCUT2D eigenvalue weighted by atomic mass is 32.2. The number of anilines is 1. The molecule has 1 aliphatic rings. The van der Waals surface area contributed by atoms with Gasteiger partial charge in [-0.3, -0.25) is 4.79 Å². The lowest BCUT2D eigenvalue weighted by molar-refractivity contribution is -0.122. The molecule has 0 bridgehead atoms. The average molecular weight is 278 g/mol. The van der Waals surface area contributed by atoms with Crippen molar-refractivity contribution < 1.29 is 4.79 Å². The molecule has 1 aliphatic carbocycles. The Morgan fingerprint density at radius 2 is 2.11 bits per heavy atom. The van der Waals surface area contributed by atoms with Crippen LogP contribution in [-0.4, -0.2) is 24.2 Å². The molecule has 0 heterocycles. The van der Waals surface area contributed by atoms with Gasteiger partial charge < -0.3 is 10.6 Å². The smallest absolute Gasteiger partial charge is 0.242 e. The molecule has 4 heteroatoms. The van der Waals surface area contributed by atoms with Crippen molar-refractivity contribution in [2.75, 3.05) is 11.6 Å². The molecule has 1 atom stereocenters. The minimum Gasteiger partial charge on any atom is -0.374 e. The SMILES string of the molecule is CSc1cccc(NC(C)C(=O)NC2CCCC2)c1. The highest BCUT2D eigenvalue weighted by molar-refractivity contribution is 7.98. The van der Waals surface area contributed by atoms with Gasteiger partial charge in [-0.1, -0.05) is 18.9 Å². The number of benzene rings is 1. The molecule has 104 valence electrons. The number of thioether (sulfide) groups is 1. The van der Waals surface area contributed by atoms with Crippen molar-refractivity contribution >= 4 is 23.4 Å². The van der Waals surface area contributed by atoms with E-state index in [1.54, 1.807) is 11.8 Å². The van der Waals surface area contributed by atoms with Crippen molar-refractivity contribution in [2.45, 2.75) is 49.6 Å². The first-order chi connectivity index (χ1) is 9.19. The second-order valence-electron chi connectivity index (χ2n) is 5.09. The Balaban J connectivity index is 1.88. The fraction of sp³-hybridized carbons (Fsp3) is 0.533. The van der Waals surface area contributed by atoms with Crippen molar-refractivity contribution in [3.63, 3.8) is 0 Å². The lowest BCUT2D eigenvalue weighted by atomic mass is 10.2. The Labute approximate surface area is 119 Å². The second kappa shape index (κ2) is 6.85. The average Bonchev–Trinajstić information content (AvgIpc) is 2.91. The zero-order valence-electron chi connectivity index (χ0n) is 11.6. The molecule has 19 heavy (non-hydrogen) atoms. The van der Waals surface area contributed by atoms with Gasteiger partial charge in [0.2, 0.25) is 5.91 Å². The van der Waals surface area contributed by atoms with E-state index in [1.807, 2.05) is 19.1 Å². The van der Waals surface area contributed by atoms with Gasteiger partial charge in [0.05, 0.1) is 0 Å². The quantitative estimate of drug-likeness (QED) is 0.812. The highest BCUT2D eigenvalue weighted by Gasteiger charge is 2.20.